The van der Waals surface area contributed by atoms with E-state index in [9.17, 15) is 9.59 Å². The van der Waals surface area contributed by atoms with Gasteiger partial charge in [-0.3, -0.25) is 9.59 Å². The Morgan fingerprint density at radius 2 is 1.27 bits per heavy atom. The van der Waals surface area contributed by atoms with Gasteiger partial charge in [-0.2, -0.15) is 0 Å². The number of hydrogen-bond donors (Lipinski definition) is 4. The van der Waals surface area contributed by atoms with Crippen molar-refractivity contribution in [3.05, 3.63) is 0 Å². The first-order valence-electron chi connectivity index (χ1n) is 3.66. The molecule has 0 aliphatic heterocycles. The molecule has 0 aromatic rings. The zero-order chi connectivity index (χ0) is 11.1. The monoisotopic (exact) mass is 320 g/mol. The quantitative estimate of drug-likeness (QED) is 0.262. The van der Waals surface area contributed by atoms with Gasteiger partial charge in [-0.25, -0.2) is 0 Å². The number of nitrogens with two attached hydrogens (primary N) is 2. The van der Waals surface area contributed by atoms with Crippen LogP contribution in [0.25, 0.3) is 0 Å². The molecule has 2 atom stereocenters. The van der Waals surface area contributed by atoms with Crippen LogP contribution in [-0.4, -0.2) is 62.8 Å². The number of rotatable bonds is 7. The third kappa shape index (κ3) is 9.03. The average Bonchev–Trinajstić information content (AvgIpc) is 2.11. The van der Waals surface area contributed by atoms with Crippen LogP contribution in [0.5, 0.6) is 0 Å². The van der Waals surface area contributed by atoms with Crippen LogP contribution in [0.15, 0.2) is 0 Å². The van der Waals surface area contributed by atoms with Gasteiger partial charge in [0.15, 0.2) is 0 Å². The van der Waals surface area contributed by atoms with Gasteiger partial charge in [-0.1, -0.05) is 21.6 Å². The van der Waals surface area contributed by atoms with Gasteiger partial charge < -0.3 is 21.7 Å². The van der Waals surface area contributed by atoms with E-state index in [1.54, 1.807) is 0 Å². The summed E-state index contributed by atoms with van der Waals surface area (Å²) in [6.45, 7) is 0. The van der Waals surface area contributed by atoms with E-state index in [1.165, 1.54) is 21.6 Å². The number of aliphatic carboxylic acids is 2. The molecule has 0 heterocycles. The molecule has 0 fully saturated rings. The van der Waals surface area contributed by atoms with Gasteiger partial charge in [0.05, 0.1) is 0 Å². The molecule has 88 valence electrons. The van der Waals surface area contributed by atoms with E-state index in [2.05, 4.69) is 0 Å². The topological polar surface area (TPSA) is 127 Å². The van der Waals surface area contributed by atoms with E-state index >= 15 is 0 Å². The smallest absolute Gasteiger partial charge is 0.321 e. The first-order chi connectivity index (χ1) is 6.45. The first-order valence-corrected chi connectivity index (χ1v) is 6.15. The van der Waals surface area contributed by atoms with Crippen molar-refractivity contribution in [3.8, 4) is 0 Å². The molecule has 0 bridgehead atoms. The minimum absolute atomic E-state index is 0. The Labute approximate surface area is 105 Å². The molecule has 0 aromatic heterocycles. The van der Waals surface area contributed by atoms with Crippen molar-refractivity contribution >= 4 is 50.6 Å². The molecular formula is C6H12N2O4S2Se. The van der Waals surface area contributed by atoms with Gasteiger partial charge in [0.25, 0.3) is 0 Å². The fourth-order valence-electron chi connectivity index (χ4n) is 0.385. The summed E-state index contributed by atoms with van der Waals surface area (Å²) in [5.41, 5.74) is 10.4. The summed E-state index contributed by atoms with van der Waals surface area (Å²) in [4.78, 5) is 20.5. The van der Waals surface area contributed by atoms with Gasteiger partial charge >= 0.3 is 11.9 Å². The molecule has 0 unspecified atom stereocenters. The van der Waals surface area contributed by atoms with Crippen molar-refractivity contribution in [2.75, 3.05) is 11.5 Å². The Morgan fingerprint density at radius 3 is 1.47 bits per heavy atom. The molecule has 6 N–H and O–H groups in total. The van der Waals surface area contributed by atoms with E-state index in [4.69, 9.17) is 21.7 Å². The predicted octanol–water partition coefficient (Wildman–Crippen LogP) is -1.19. The van der Waals surface area contributed by atoms with Crippen LogP contribution in [-0.2, 0) is 9.59 Å². The van der Waals surface area contributed by atoms with E-state index in [-0.39, 0.29) is 28.6 Å². The fourth-order valence-corrected chi connectivity index (χ4v) is 2.61. The zero-order valence-electron chi connectivity index (χ0n) is 7.66. The van der Waals surface area contributed by atoms with Gasteiger partial charge in [0, 0.05) is 28.6 Å². The SMILES string of the molecule is N[C@@H](CSSC[C@H](N)C(=O)O)C(=O)O.[Se]. The van der Waals surface area contributed by atoms with Crippen molar-refractivity contribution in [2.45, 2.75) is 12.1 Å². The van der Waals surface area contributed by atoms with Crippen LogP contribution in [0.4, 0.5) is 0 Å². The number of carboxylic acids is 2. The second kappa shape index (κ2) is 9.32. The minimum atomic E-state index is -1.07. The van der Waals surface area contributed by atoms with Crippen molar-refractivity contribution in [1.82, 2.24) is 0 Å². The van der Waals surface area contributed by atoms with Crippen molar-refractivity contribution in [1.29, 1.82) is 0 Å². The molecule has 6 nitrogen and oxygen atoms in total. The maximum atomic E-state index is 10.3. The molecule has 15 heavy (non-hydrogen) atoms. The maximum Gasteiger partial charge on any atom is 0.321 e. The molecule has 0 amide bonds. The molecule has 0 spiro atoms. The van der Waals surface area contributed by atoms with E-state index < -0.39 is 24.0 Å². The van der Waals surface area contributed by atoms with Gasteiger partial charge in [-0.05, 0) is 0 Å². The van der Waals surface area contributed by atoms with Gasteiger partial charge in [0.1, 0.15) is 12.1 Å². The second-order valence-electron chi connectivity index (χ2n) is 2.46. The van der Waals surface area contributed by atoms with Crippen molar-refractivity contribution in [2.24, 2.45) is 11.5 Å². The summed E-state index contributed by atoms with van der Waals surface area (Å²) in [7, 11) is 2.41. The Balaban J connectivity index is 0. The summed E-state index contributed by atoms with van der Waals surface area (Å²) in [6.07, 6.45) is 0. The van der Waals surface area contributed by atoms with Crippen LogP contribution < -0.4 is 11.5 Å². The van der Waals surface area contributed by atoms with Crippen LogP contribution in [0.1, 0.15) is 0 Å². The Morgan fingerprint density at radius 1 is 1.00 bits per heavy atom. The minimum Gasteiger partial charge on any atom is -0.480 e. The van der Waals surface area contributed by atoms with Crippen LogP contribution in [0.2, 0.25) is 0 Å². The van der Waals surface area contributed by atoms with E-state index in [1.807, 2.05) is 0 Å². The molecule has 0 aliphatic rings. The normalized spacial score (nSPS) is 13.7. The largest absolute Gasteiger partial charge is 0.480 e. The molecule has 9 heteroatoms. The van der Waals surface area contributed by atoms with Crippen LogP contribution in [0, 0.1) is 0 Å². The second-order valence-corrected chi connectivity index (χ2v) is 5.01. The third-order valence-electron chi connectivity index (χ3n) is 1.21. The predicted molar refractivity (Wildman–Crippen MR) is 61.9 cm³/mol. The molecule has 0 aliphatic carbocycles. The van der Waals surface area contributed by atoms with Crippen molar-refractivity contribution in [3.63, 3.8) is 0 Å². The summed E-state index contributed by atoms with van der Waals surface area (Å²) in [6, 6.07) is -1.85. The van der Waals surface area contributed by atoms with E-state index in [0.717, 1.165) is 0 Å². The van der Waals surface area contributed by atoms with Crippen LogP contribution >= 0.6 is 21.6 Å². The summed E-state index contributed by atoms with van der Waals surface area (Å²) in [5.74, 6) is -1.68. The van der Waals surface area contributed by atoms with E-state index in [0.29, 0.717) is 0 Å². The van der Waals surface area contributed by atoms with Crippen molar-refractivity contribution < 1.29 is 19.8 Å². The van der Waals surface area contributed by atoms with Gasteiger partial charge in [-0.15, -0.1) is 0 Å². The van der Waals surface area contributed by atoms with Crippen LogP contribution in [0.3, 0.4) is 0 Å². The zero-order valence-corrected chi connectivity index (χ0v) is 11.0. The molecule has 2 radical (unpaired) electrons. The standard InChI is InChI=1S/C6H12N2O4S2.Se/c7-3(5(9)10)1-13-14-2-4(8)6(11)12;/h3-4H,1-2,7-8H2,(H,9,10)(H,11,12);/t3-,4-;/m0./s1. The molecule has 0 rings (SSSR count). The van der Waals surface area contributed by atoms with Gasteiger partial charge in [0.2, 0.25) is 0 Å². The number of hydrogen-bond acceptors (Lipinski definition) is 6. The average molecular weight is 319 g/mol. The summed E-state index contributed by atoms with van der Waals surface area (Å²) in [5, 5.41) is 16.8. The maximum absolute atomic E-state index is 10.3. The molecule has 0 saturated heterocycles. The summed E-state index contributed by atoms with van der Waals surface area (Å²) >= 11 is 0. The first kappa shape index (κ1) is 17.5. The summed E-state index contributed by atoms with van der Waals surface area (Å²) < 4.78 is 0. The third-order valence-corrected chi connectivity index (χ3v) is 3.69. The molecule has 0 aromatic carbocycles. The molecular weight excluding hydrogens is 307 g/mol. The number of carbonyl (C=O) groups is 2. The number of carboxylic acid groups (broad SMARTS) is 2. The molecule has 0 saturated carbocycles. The Hall–Kier alpha value is 0.0795. The fraction of sp³-hybridized carbons (Fsp3) is 0.667. The Bertz CT molecular complexity index is 197. The Kier molecular flexibility index (Phi) is 10.9.